The molecular weight excluding hydrogens is 268 g/mol. The summed E-state index contributed by atoms with van der Waals surface area (Å²) in [4.78, 5) is 14.9. The summed E-state index contributed by atoms with van der Waals surface area (Å²) in [5, 5.41) is 3.63. The number of carbonyl (C=O) groups is 1. The van der Waals surface area contributed by atoms with E-state index in [0.29, 0.717) is 18.0 Å². The van der Waals surface area contributed by atoms with Crippen molar-refractivity contribution >= 4 is 5.97 Å². The van der Waals surface area contributed by atoms with Crippen LogP contribution in [0.3, 0.4) is 0 Å². The van der Waals surface area contributed by atoms with E-state index in [1.807, 2.05) is 0 Å². The highest BCUT2D eigenvalue weighted by molar-refractivity contribution is 5.82. The molecular formula is C16H28N2O3. The summed E-state index contributed by atoms with van der Waals surface area (Å²) in [7, 11) is 3.62. The molecule has 120 valence electrons. The van der Waals surface area contributed by atoms with Crippen LogP contribution in [0.15, 0.2) is 0 Å². The van der Waals surface area contributed by atoms with E-state index in [2.05, 4.69) is 24.2 Å². The lowest BCUT2D eigenvalue weighted by atomic mass is 9.91. The van der Waals surface area contributed by atoms with Crippen molar-refractivity contribution in [3.8, 4) is 0 Å². The summed E-state index contributed by atoms with van der Waals surface area (Å²) in [6.45, 7) is 3.67. The lowest BCUT2D eigenvalue weighted by Crippen LogP contribution is -2.62. The molecule has 0 amide bonds. The maximum absolute atomic E-state index is 12.6. The van der Waals surface area contributed by atoms with E-state index in [1.54, 1.807) is 0 Å². The molecule has 0 aromatic heterocycles. The number of rotatable bonds is 7. The first-order chi connectivity index (χ1) is 10.1. The van der Waals surface area contributed by atoms with Crippen molar-refractivity contribution in [1.29, 1.82) is 0 Å². The quantitative estimate of drug-likeness (QED) is 0.715. The molecule has 0 aromatic rings. The monoisotopic (exact) mass is 296 g/mol. The highest BCUT2D eigenvalue weighted by Crippen LogP contribution is 2.43. The fourth-order valence-corrected chi connectivity index (χ4v) is 3.74. The number of esters is 1. The number of carbonyl (C=O) groups excluding carboxylic acids is 1. The van der Waals surface area contributed by atoms with Gasteiger partial charge in [-0.15, -0.1) is 0 Å². The Labute approximate surface area is 127 Å². The SMILES string of the molecule is COC(=O)C(CN(C)C1CCOC1C)(NC1CC1)C1CC1. The Hall–Kier alpha value is -0.650. The zero-order chi connectivity index (χ0) is 15.0. The van der Waals surface area contributed by atoms with Gasteiger partial charge in [-0.3, -0.25) is 10.2 Å². The molecule has 0 spiro atoms. The van der Waals surface area contributed by atoms with Crippen molar-refractivity contribution in [1.82, 2.24) is 10.2 Å². The molecule has 1 heterocycles. The molecule has 2 aliphatic carbocycles. The van der Waals surface area contributed by atoms with Gasteiger partial charge in [-0.25, -0.2) is 4.79 Å². The third-order valence-corrected chi connectivity index (χ3v) is 5.26. The van der Waals surface area contributed by atoms with Gasteiger partial charge in [0.2, 0.25) is 0 Å². The van der Waals surface area contributed by atoms with Gasteiger partial charge in [0.25, 0.3) is 0 Å². The number of hydrogen-bond donors (Lipinski definition) is 1. The smallest absolute Gasteiger partial charge is 0.327 e. The van der Waals surface area contributed by atoms with E-state index in [0.717, 1.165) is 32.4 Å². The van der Waals surface area contributed by atoms with Crippen molar-refractivity contribution in [2.24, 2.45) is 5.92 Å². The van der Waals surface area contributed by atoms with Crippen LogP contribution in [0.5, 0.6) is 0 Å². The third-order valence-electron chi connectivity index (χ3n) is 5.26. The van der Waals surface area contributed by atoms with E-state index in [9.17, 15) is 4.79 Å². The van der Waals surface area contributed by atoms with Crippen molar-refractivity contribution in [2.75, 3.05) is 27.3 Å². The Balaban J connectivity index is 1.75. The topological polar surface area (TPSA) is 50.8 Å². The summed E-state index contributed by atoms with van der Waals surface area (Å²) in [5.74, 6) is 0.334. The zero-order valence-electron chi connectivity index (χ0n) is 13.4. The lowest BCUT2D eigenvalue weighted by Gasteiger charge is -2.38. The minimum atomic E-state index is -0.521. The summed E-state index contributed by atoms with van der Waals surface area (Å²) in [5.41, 5.74) is -0.521. The van der Waals surface area contributed by atoms with Gasteiger partial charge in [0.05, 0.1) is 13.2 Å². The first-order valence-corrected chi connectivity index (χ1v) is 8.25. The van der Waals surface area contributed by atoms with Gasteiger partial charge in [0.15, 0.2) is 0 Å². The molecule has 3 rings (SSSR count). The van der Waals surface area contributed by atoms with Crippen molar-refractivity contribution in [3.63, 3.8) is 0 Å². The summed E-state index contributed by atoms with van der Waals surface area (Å²) >= 11 is 0. The largest absolute Gasteiger partial charge is 0.468 e. The standard InChI is InChI=1S/C16H28N2O3/c1-11-14(8-9-21-11)18(2)10-16(12-4-5-12,15(19)20-3)17-13-6-7-13/h11-14,17H,4-10H2,1-3H3. The molecule has 3 fully saturated rings. The van der Waals surface area contributed by atoms with Gasteiger partial charge >= 0.3 is 5.97 Å². The van der Waals surface area contributed by atoms with Gasteiger partial charge in [0.1, 0.15) is 5.54 Å². The van der Waals surface area contributed by atoms with Crippen LogP contribution in [0.25, 0.3) is 0 Å². The Bertz CT molecular complexity index is 395. The zero-order valence-corrected chi connectivity index (χ0v) is 13.4. The first-order valence-electron chi connectivity index (χ1n) is 8.25. The number of ether oxygens (including phenoxy) is 2. The molecule has 5 nitrogen and oxygen atoms in total. The molecule has 21 heavy (non-hydrogen) atoms. The number of hydrogen-bond acceptors (Lipinski definition) is 5. The highest BCUT2D eigenvalue weighted by atomic mass is 16.5. The third kappa shape index (κ3) is 3.10. The Morgan fingerprint density at radius 2 is 2.05 bits per heavy atom. The molecule has 0 aromatic carbocycles. The minimum absolute atomic E-state index is 0.0877. The molecule has 1 aliphatic heterocycles. The molecule has 3 atom stereocenters. The molecule has 0 radical (unpaired) electrons. The molecule has 0 bridgehead atoms. The number of nitrogens with zero attached hydrogens (tertiary/aromatic N) is 1. The maximum atomic E-state index is 12.6. The predicted molar refractivity (Wildman–Crippen MR) is 80.1 cm³/mol. The summed E-state index contributed by atoms with van der Waals surface area (Å²) < 4.78 is 10.9. The van der Waals surface area contributed by atoms with Gasteiger partial charge in [0, 0.05) is 25.2 Å². The van der Waals surface area contributed by atoms with Crippen LogP contribution in [-0.4, -0.2) is 61.9 Å². The first kappa shape index (κ1) is 15.3. The van der Waals surface area contributed by atoms with E-state index >= 15 is 0 Å². The molecule has 1 N–H and O–H groups in total. The molecule has 3 unspecified atom stereocenters. The van der Waals surface area contributed by atoms with Gasteiger partial charge in [-0.05, 0) is 52.0 Å². The van der Waals surface area contributed by atoms with Crippen LogP contribution in [-0.2, 0) is 14.3 Å². The van der Waals surface area contributed by atoms with E-state index in [-0.39, 0.29) is 12.1 Å². The summed E-state index contributed by atoms with van der Waals surface area (Å²) in [6, 6.07) is 0.893. The number of methoxy groups -OCH3 is 1. The molecule has 1 saturated heterocycles. The van der Waals surface area contributed by atoms with Crippen LogP contribution in [0.1, 0.15) is 39.0 Å². The minimum Gasteiger partial charge on any atom is -0.468 e. The van der Waals surface area contributed by atoms with Crippen LogP contribution in [0, 0.1) is 5.92 Å². The fraction of sp³-hybridized carbons (Fsp3) is 0.938. The van der Waals surface area contributed by atoms with Crippen molar-refractivity contribution in [3.05, 3.63) is 0 Å². The van der Waals surface area contributed by atoms with Crippen molar-refractivity contribution < 1.29 is 14.3 Å². The Morgan fingerprint density at radius 1 is 1.33 bits per heavy atom. The van der Waals surface area contributed by atoms with Gasteiger partial charge < -0.3 is 9.47 Å². The molecule has 3 aliphatic rings. The lowest BCUT2D eigenvalue weighted by molar-refractivity contribution is -0.151. The van der Waals surface area contributed by atoms with Crippen LogP contribution in [0.2, 0.25) is 0 Å². The maximum Gasteiger partial charge on any atom is 0.327 e. The Morgan fingerprint density at radius 3 is 2.52 bits per heavy atom. The van der Waals surface area contributed by atoms with Crippen molar-refractivity contribution in [2.45, 2.75) is 62.8 Å². The van der Waals surface area contributed by atoms with Crippen LogP contribution >= 0.6 is 0 Å². The second kappa shape index (κ2) is 5.86. The van der Waals surface area contributed by atoms with Crippen LogP contribution < -0.4 is 5.32 Å². The number of nitrogens with one attached hydrogen (secondary N) is 1. The average Bonchev–Trinajstić information content (AvgIpc) is 3.36. The van der Waals surface area contributed by atoms with E-state index < -0.39 is 5.54 Å². The van der Waals surface area contributed by atoms with Gasteiger partial charge in [-0.1, -0.05) is 0 Å². The van der Waals surface area contributed by atoms with Crippen LogP contribution in [0.4, 0.5) is 0 Å². The molecule has 5 heteroatoms. The second-order valence-corrected chi connectivity index (χ2v) is 7.00. The second-order valence-electron chi connectivity index (χ2n) is 7.00. The fourth-order valence-electron chi connectivity index (χ4n) is 3.74. The average molecular weight is 296 g/mol. The predicted octanol–water partition coefficient (Wildman–Crippen LogP) is 1.17. The summed E-state index contributed by atoms with van der Waals surface area (Å²) in [6.07, 6.45) is 5.89. The van der Waals surface area contributed by atoms with E-state index in [4.69, 9.17) is 9.47 Å². The van der Waals surface area contributed by atoms with Gasteiger partial charge in [-0.2, -0.15) is 0 Å². The van der Waals surface area contributed by atoms with E-state index in [1.165, 1.54) is 20.0 Å². The number of likely N-dealkylation sites (N-methyl/N-ethyl adjacent to an activating group) is 1. The normalized spacial score (nSPS) is 32.2. The molecule has 2 saturated carbocycles. The highest BCUT2D eigenvalue weighted by Gasteiger charge is 2.55. The Kier molecular flexibility index (Phi) is 4.26.